The molecule has 0 spiro atoms. The minimum absolute atomic E-state index is 0.0114. The number of carbonyl (C=O) groups is 8. The van der Waals surface area contributed by atoms with Crippen molar-refractivity contribution in [1.82, 2.24) is 51.0 Å². The van der Waals surface area contributed by atoms with E-state index in [4.69, 9.17) is 30.0 Å². The third-order valence-electron chi connectivity index (χ3n) is 15.8. The summed E-state index contributed by atoms with van der Waals surface area (Å²) in [5.41, 5.74) is 6.97. The number of aliphatic hydroxyl groups is 7. The van der Waals surface area contributed by atoms with Gasteiger partial charge >= 0.3 is 0 Å². The molecule has 13 unspecified atom stereocenters. The van der Waals surface area contributed by atoms with Crippen molar-refractivity contribution in [3.8, 4) is 39.1 Å². The number of amides is 8. The highest BCUT2D eigenvalue weighted by Gasteiger charge is 2.50. The zero-order chi connectivity index (χ0) is 66.7. The Morgan fingerprint density at radius 3 is 2.17 bits per heavy atom. The van der Waals surface area contributed by atoms with Gasteiger partial charge in [0, 0.05) is 55.1 Å². The van der Waals surface area contributed by atoms with Crippen molar-refractivity contribution in [2.45, 2.75) is 145 Å². The van der Waals surface area contributed by atoms with Gasteiger partial charge in [-0.25, -0.2) is 14.8 Å². The number of nitrogens with one attached hydrogen (secondary N) is 5. The van der Waals surface area contributed by atoms with Crippen LogP contribution in [0, 0.1) is 5.92 Å². The third kappa shape index (κ3) is 16.9. The van der Waals surface area contributed by atoms with Gasteiger partial charge in [-0.15, -0.1) is 0 Å². The van der Waals surface area contributed by atoms with Crippen molar-refractivity contribution in [1.29, 1.82) is 0 Å². The number of hydrogen-bond donors (Lipinski definition) is 15. The maximum atomic E-state index is 14.7. The van der Waals surface area contributed by atoms with E-state index in [1.165, 1.54) is 30.4 Å². The quantitative estimate of drug-likeness (QED) is 0.0171. The molecule has 3 saturated heterocycles. The lowest BCUT2D eigenvalue weighted by Crippen LogP contribution is -2.64. The number of β-amino-alcohol motifs (C(OH)–C–C–N with tert-alkyl or cyclic N) is 1. The number of phenolic OH excluding ortho intramolecular Hbond substituents is 1. The van der Waals surface area contributed by atoms with E-state index in [9.17, 15) is 79.2 Å². The minimum Gasteiger partial charge on any atom is -0.504 e. The summed E-state index contributed by atoms with van der Waals surface area (Å²) in [6, 6.07) is 4.27. The van der Waals surface area contributed by atoms with E-state index in [1.54, 1.807) is 22.8 Å². The predicted octanol–water partition coefficient (Wildman–Crippen LogP) is -1.53. The van der Waals surface area contributed by atoms with Gasteiger partial charge in [0.2, 0.25) is 46.3 Å². The van der Waals surface area contributed by atoms with Gasteiger partial charge in [0.1, 0.15) is 59.2 Å². The van der Waals surface area contributed by atoms with Gasteiger partial charge in [0.05, 0.1) is 55.4 Å². The average molecular weight is 1320 g/mol. The number of rotatable bonds is 21. The highest BCUT2D eigenvalue weighted by molar-refractivity contribution is 7.90. The number of hydrogen-bond acceptors (Lipinski definition) is 25. The van der Waals surface area contributed by atoms with Crippen LogP contribution in [0.15, 0.2) is 72.9 Å². The number of nitrogens with zero attached hydrogens (tertiary/aromatic N) is 5. The zero-order valence-corrected chi connectivity index (χ0v) is 51.5. The lowest BCUT2D eigenvalue weighted by molar-refractivity contribution is -0.433. The maximum absolute atomic E-state index is 14.7. The Balaban J connectivity index is 1.07. The SMILES string of the molecule is CCCCCCOc1ccc(-c2nn3cc(-c4ccc(C(=O)N[C@H]5CC(O)CNC(=O)C6C(O)C(C)CN6C(=O)C(C(O)CC(N)=O)NC(=O)C(C(O)C(O)c6ccc(O)c(OSOOO)c6)NC(=O)C6CC(O)CN6C(=O)C(C(C)O)NC5=O)cc4)nc3s2)cc1. The van der Waals surface area contributed by atoms with Crippen LogP contribution in [0.5, 0.6) is 17.2 Å². The van der Waals surface area contributed by atoms with Crippen molar-refractivity contribution in [3.63, 3.8) is 0 Å². The molecular weight excluding hydrogens is 1250 g/mol. The fourth-order valence-electron chi connectivity index (χ4n) is 10.8. The molecule has 2 aromatic heterocycles. The summed E-state index contributed by atoms with van der Waals surface area (Å²) in [7, 11) is 0. The molecular formula is C58H73N11O21S2. The molecule has 8 rings (SSSR count). The number of phenols is 1. The van der Waals surface area contributed by atoms with Crippen molar-refractivity contribution in [2.24, 2.45) is 11.7 Å². The van der Waals surface area contributed by atoms with Gasteiger partial charge in [-0.05, 0) is 67.4 Å². The van der Waals surface area contributed by atoms with Crippen LogP contribution in [-0.4, -0.2) is 217 Å². The Kier molecular flexibility index (Phi) is 23.9. The molecule has 32 nitrogen and oxygen atoms in total. The molecule has 92 heavy (non-hydrogen) atoms. The number of carbonyl (C=O) groups excluding carboxylic acids is 8. The molecule has 3 aliphatic heterocycles. The number of aliphatic hydroxyl groups excluding tert-OH is 7. The summed E-state index contributed by atoms with van der Waals surface area (Å²) >= 11 is 1.33. The van der Waals surface area contributed by atoms with Gasteiger partial charge in [0.15, 0.2) is 11.5 Å². The Bertz CT molecular complexity index is 3400. The molecule has 5 heterocycles. The number of ether oxygens (including phenoxy) is 1. The van der Waals surface area contributed by atoms with E-state index in [2.05, 4.69) is 42.9 Å². The van der Waals surface area contributed by atoms with E-state index in [0.29, 0.717) is 27.8 Å². The van der Waals surface area contributed by atoms with Gasteiger partial charge < -0.3 is 91.9 Å². The fourth-order valence-corrected chi connectivity index (χ4v) is 12.0. The molecule has 0 aliphatic carbocycles. The number of unbranched alkanes of at least 4 members (excludes halogenated alkanes) is 3. The van der Waals surface area contributed by atoms with E-state index in [0.717, 1.165) is 71.9 Å². The molecule has 3 fully saturated rings. The molecule has 34 heteroatoms. The van der Waals surface area contributed by atoms with Crippen molar-refractivity contribution >= 4 is 75.9 Å². The first kappa shape index (κ1) is 69.8. The van der Waals surface area contributed by atoms with Crippen molar-refractivity contribution in [2.75, 3.05) is 26.2 Å². The molecule has 0 radical (unpaired) electrons. The molecule has 5 aromatic rings. The smallest absolute Gasteiger partial charge is 0.261 e. The topological polar surface area (TPSA) is 478 Å². The van der Waals surface area contributed by atoms with Crippen molar-refractivity contribution < 1.29 is 103 Å². The molecule has 3 aliphatic rings. The first-order chi connectivity index (χ1) is 43.9. The van der Waals surface area contributed by atoms with Crippen LogP contribution in [0.4, 0.5) is 0 Å². The highest BCUT2D eigenvalue weighted by Crippen LogP contribution is 2.35. The minimum atomic E-state index is -2.53. The van der Waals surface area contributed by atoms with Crippen LogP contribution in [0.2, 0.25) is 0 Å². The number of benzene rings is 3. The van der Waals surface area contributed by atoms with Crippen LogP contribution >= 0.6 is 23.7 Å². The highest BCUT2D eigenvalue weighted by atomic mass is 32.2. The Hall–Kier alpha value is -8.13. The normalized spacial score (nSPS) is 25.1. The molecule has 498 valence electrons. The van der Waals surface area contributed by atoms with E-state index >= 15 is 0 Å². The second-order valence-electron chi connectivity index (χ2n) is 22.6. The number of fused-ring (bicyclic) bond motifs is 3. The zero-order valence-electron chi connectivity index (χ0n) is 49.8. The molecule has 3 aromatic carbocycles. The second-order valence-corrected chi connectivity index (χ2v) is 24.0. The number of nitrogens with two attached hydrogens (primary N) is 1. The number of primary amides is 1. The van der Waals surface area contributed by atoms with Crippen LogP contribution < -0.4 is 41.2 Å². The van der Waals surface area contributed by atoms with Gasteiger partial charge in [-0.2, -0.15) is 5.10 Å². The first-order valence-electron chi connectivity index (χ1n) is 29.4. The summed E-state index contributed by atoms with van der Waals surface area (Å²) in [6.45, 7) is 3.46. The van der Waals surface area contributed by atoms with E-state index in [1.807, 2.05) is 24.3 Å². The van der Waals surface area contributed by atoms with Crippen LogP contribution in [0.1, 0.15) is 87.7 Å². The van der Waals surface area contributed by atoms with Gasteiger partial charge in [-0.3, -0.25) is 38.4 Å². The van der Waals surface area contributed by atoms with Crippen LogP contribution in [0.25, 0.3) is 26.8 Å². The number of imidazole rings is 1. The first-order valence-corrected chi connectivity index (χ1v) is 30.9. The molecule has 0 bridgehead atoms. The average Bonchev–Trinajstić information content (AvgIpc) is 1.76. The monoisotopic (exact) mass is 1320 g/mol. The summed E-state index contributed by atoms with van der Waals surface area (Å²) in [6.07, 6.45) is -10.1. The second kappa shape index (κ2) is 31.5. The largest absolute Gasteiger partial charge is 0.504 e. The standard InChI is InChI=1S/C58H73N11O21S2/c1-4-5-6-7-18-87-35-15-12-31(13-16-35)55-66-69-26-37(62-58(69)91-55)29-8-10-30(11-9-29)50(79)61-36-20-33(71)23-60-54(83)46-47(76)27(2)24-68(46)57(85)44(40(74)22-42(59)75)64-53(82)45(49(78)48(77)32-14-17-39(73)41(19-32)88-92-90-89-86)65-52(81)38-21-34(72)25-67(38)56(84)43(28(3)70)63-51(36)80/h8-17,19,26-28,33-34,36,38,40,43-49,70-74,76-78,86H,4-7,18,20-25H2,1-3H3,(H2,59,75)(H,60,83)(H,61,79)(H,63,80)(H,64,82)(H,65,81)/t27?,28?,33?,34?,36-,38?,40?,43?,44?,45?,46?,47?,48?,49?/m0/s1. The van der Waals surface area contributed by atoms with Crippen LogP contribution in [0.3, 0.4) is 0 Å². The lowest BCUT2D eigenvalue weighted by Gasteiger charge is -2.34. The van der Waals surface area contributed by atoms with Gasteiger partial charge in [-0.1, -0.05) is 72.0 Å². The molecule has 8 amide bonds. The van der Waals surface area contributed by atoms with Crippen LogP contribution in [-0.2, 0) is 42.9 Å². The van der Waals surface area contributed by atoms with Gasteiger partial charge in [0.25, 0.3) is 18.2 Å². The third-order valence-corrected chi connectivity index (χ3v) is 17.1. The Morgan fingerprint density at radius 1 is 0.815 bits per heavy atom. The predicted molar refractivity (Wildman–Crippen MR) is 322 cm³/mol. The lowest BCUT2D eigenvalue weighted by atomic mass is 9.96. The van der Waals surface area contributed by atoms with Crippen molar-refractivity contribution in [3.05, 3.63) is 84.1 Å². The fraction of sp³-hybridized carbons (Fsp3) is 0.483. The number of aromatic hydroxyl groups is 1. The summed E-state index contributed by atoms with van der Waals surface area (Å²) < 4.78 is 16.7. The molecule has 0 saturated carbocycles. The Morgan fingerprint density at radius 2 is 1.50 bits per heavy atom. The molecule has 16 N–H and O–H groups in total. The Labute approximate surface area is 533 Å². The van der Waals surface area contributed by atoms with E-state index < -0.39 is 183 Å². The number of aromatic nitrogens is 3. The summed E-state index contributed by atoms with van der Waals surface area (Å²) in [5, 5.41) is 119. The molecule has 14 atom stereocenters. The summed E-state index contributed by atoms with van der Waals surface area (Å²) in [5.74, 6) is -11.2. The van der Waals surface area contributed by atoms with E-state index in [-0.39, 0.29) is 23.5 Å². The maximum Gasteiger partial charge on any atom is 0.261 e. The summed E-state index contributed by atoms with van der Waals surface area (Å²) in [4.78, 5) is 120.